The van der Waals surface area contributed by atoms with E-state index in [9.17, 15) is 4.39 Å². The van der Waals surface area contributed by atoms with Crippen molar-refractivity contribution in [3.05, 3.63) is 34.1 Å². The van der Waals surface area contributed by atoms with Gasteiger partial charge in [0.05, 0.1) is 4.47 Å². The Morgan fingerprint density at radius 2 is 2.28 bits per heavy atom. The van der Waals surface area contributed by atoms with E-state index in [0.717, 1.165) is 5.56 Å². The molecule has 18 heavy (non-hydrogen) atoms. The van der Waals surface area contributed by atoms with Crippen LogP contribution < -0.4 is 5.73 Å². The number of amidine groups is 1. The minimum absolute atomic E-state index is 0.0381. The maximum absolute atomic E-state index is 13.1. The molecule has 0 fully saturated rings. The van der Waals surface area contributed by atoms with Gasteiger partial charge in [0, 0.05) is 19.0 Å². The highest BCUT2D eigenvalue weighted by molar-refractivity contribution is 9.10. The van der Waals surface area contributed by atoms with Crippen LogP contribution >= 0.6 is 15.9 Å². The number of oxime groups is 1. The number of hydrogen-bond acceptors (Lipinski definition) is 3. The highest BCUT2D eigenvalue weighted by Crippen LogP contribution is 2.17. The van der Waals surface area contributed by atoms with Gasteiger partial charge in [-0.05, 0) is 40.7 Å². The fraction of sp³-hybridized carbons (Fsp3) is 0.417. The summed E-state index contributed by atoms with van der Waals surface area (Å²) in [7, 11) is 1.93. The third-order valence-electron chi connectivity index (χ3n) is 2.64. The Labute approximate surface area is 114 Å². The fourth-order valence-corrected chi connectivity index (χ4v) is 2.10. The second-order valence-electron chi connectivity index (χ2n) is 4.37. The molecule has 0 aliphatic heterocycles. The molecule has 0 aliphatic rings. The molecular formula is C12H17BrFN3O. The van der Waals surface area contributed by atoms with Gasteiger partial charge in [0.15, 0.2) is 0 Å². The molecule has 6 heteroatoms. The Hall–Kier alpha value is -1.14. The summed E-state index contributed by atoms with van der Waals surface area (Å²) in [6.07, 6.45) is 0. The van der Waals surface area contributed by atoms with Crippen LogP contribution in [0.2, 0.25) is 0 Å². The van der Waals surface area contributed by atoms with Crippen LogP contribution in [0.4, 0.5) is 4.39 Å². The Bertz CT molecular complexity index is 439. The predicted octanol–water partition coefficient (Wildman–Crippen LogP) is 2.40. The predicted molar refractivity (Wildman–Crippen MR) is 73.0 cm³/mol. The molecule has 0 aromatic heterocycles. The average molecular weight is 318 g/mol. The molecule has 1 aromatic carbocycles. The zero-order chi connectivity index (χ0) is 13.7. The second-order valence-corrected chi connectivity index (χ2v) is 5.23. The topological polar surface area (TPSA) is 61.8 Å². The lowest BCUT2D eigenvalue weighted by molar-refractivity contribution is 0.290. The fourth-order valence-electron chi connectivity index (χ4n) is 1.67. The molecule has 0 radical (unpaired) electrons. The van der Waals surface area contributed by atoms with E-state index in [4.69, 9.17) is 10.9 Å². The first kappa shape index (κ1) is 14.9. The molecule has 3 N–H and O–H groups in total. The van der Waals surface area contributed by atoms with Crippen molar-refractivity contribution < 1.29 is 9.60 Å². The number of nitrogens with two attached hydrogens (primary N) is 1. The zero-order valence-corrected chi connectivity index (χ0v) is 12.0. The molecule has 0 heterocycles. The minimum Gasteiger partial charge on any atom is -0.409 e. The first-order chi connectivity index (χ1) is 8.43. The number of hydrogen-bond donors (Lipinski definition) is 2. The summed E-state index contributed by atoms with van der Waals surface area (Å²) < 4.78 is 13.5. The highest BCUT2D eigenvalue weighted by Gasteiger charge is 2.11. The second kappa shape index (κ2) is 6.70. The van der Waals surface area contributed by atoms with Crippen molar-refractivity contribution in [1.82, 2.24) is 4.90 Å². The van der Waals surface area contributed by atoms with Crippen LogP contribution in [0.5, 0.6) is 0 Å². The molecule has 0 amide bonds. The average Bonchev–Trinajstić information content (AvgIpc) is 2.32. The molecule has 0 aliphatic carbocycles. The maximum atomic E-state index is 13.1. The lowest BCUT2D eigenvalue weighted by Crippen LogP contribution is -2.32. The number of rotatable bonds is 5. The summed E-state index contributed by atoms with van der Waals surface area (Å²) in [5, 5.41) is 11.6. The first-order valence-electron chi connectivity index (χ1n) is 5.54. The number of benzene rings is 1. The van der Waals surface area contributed by atoms with Crippen molar-refractivity contribution in [3.63, 3.8) is 0 Å². The van der Waals surface area contributed by atoms with Gasteiger partial charge in [-0.1, -0.05) is 18.1 Å². The first-order valence-corrected chi connectivity index (χ1v) is 6.33. The van der Waals surface area contributed by atoms with Gasteiger partial charge in [-0.2, -0.15) is 0 Å². The lowest BCUT2D eigenvalue weighted by atomic mass is 10.1. The molecule has 1 aromatic rings. The van der Waals surface area contributed by atoms with Crippen molar-refractivity contribution in [2.75, 3.05) is 13.6 Å². The van der Waals surface area contributed by atoms with Gasteiger partial charge in [-0.3, -0.25) is 0 Å². The molecule has 100 valence electrons. The van der Waals surface area contributed by atoms with Gasteiger partial charge in [0.1, 0.15) is 11.7 Å². The monoisotopic (exact) mass is 317 g/mol. The van der Waals surface area contributed by atoms with Gasteiger partial charge in [-0.15, -0.1) is 0 Å². The normalized spacial score (nSPS) is 13.9. The van der Waals surface area contributed by atoms with E-state index in [0.29, 0.717) is 17.6 Å². The van der Waals surface area contributed by atoms with Crippen molar-refractivity contribution in [2.24, 2.45) is 16.8 Å². The largest absolute Gasteiger partial charge is 0.409 e. The van der Waals surface area contributed by atoms with Crippen LogP contribution in [0.15, 0.2) is 27.8 Å². The SMILES string of the molecule is CC(CN(C)Cc1ccc(F)c(Br)c1)C(N)=NO. The van der Waals surface area contributed by atoms with Crippen molar-refractivity contribution >= 4 is 21.8 Å². The third-order valence-corrected chi connectivity index (χ3v) is 3.25. The smallest absolute Gasteiger partial charge is 0.143 e. The Morgan fingerprint density at radius 1 is 1.61 bits per heavy atom. The number of halogens is 2. The van der Waals surface area contributed by atoms with Crippen LogP contribution in [0.25, 0.3) is 0 Å². The van der Waals surface area contributed by atoms with E-state index in [1.54, 1.807) is 12.1 Å². The molecule has 1 rings (SSSR count). The van der Waals surface area contributed by atoms with Crippen molar-refractivity contribution in [1.29, 1.82) is 0 Å². The Balaban J connectivity index is 2.59. The Kier molecular flexibility index (Phi) is 5.55. The van der Waals surface area contributed by atoms with Crippen molar-refractivity contribution in [3.8, 4) is 0 Å². The molecule has 4 nitrogen and oxygen atoms in total. The van der Waals surface area contributed by atoms with E-state index in [-0.39, 0.29) is 17.6 Å². The van der Waals surface area contributed by atoms with Gasteiger partial charge in [0.2, 0.25) is 0 Å². The molecular weight excluding hydrogens is 301 g/mol. The highest BCUT2D eigenvalue weighted by atomic mass is 79.9. The van der Waals surface area contributed by atoms with E-state index >= 15 is 0 Å². The maximum Gasteiger partial charge on any atom is 0.143 e. The summed E-state index contributed by atoms with van der Waals surface area (Å²) in [5.74, 6) is -0.0996. The van der Waals surface area contributed by atoms with E-state index in [1.807, 2.05) is 18.9 Å². The van der Waals surface area contributed by atoms with Crippen LogP contribution in [0, 0.1) is 11.7 Å². The van der Waals surface area contributed by atoms with Crippen LogP contribution in [0.3, 0.4) is 0 Å². The van der Waals surface area contributed by atoms with E-state index in [2.05, 4.69) is 21.1 Å². The minimum atomic E-state index is -0.272. The summed E-state index contributed by atoms with van der Waals surface area (Å²) in [6, 6.07) is 4.92. The summed E-state index contributed by atoms with van der Waals surface area (Å²) in [4.78, 5) is 2.03. The Morgan fingerprint density at radius 3 is 2.83 bits per heavy atom. The summed E-state index contributed by atoms with van der Waals surface area (Å²) in [5.41, 5.74) is 6.52. The van der Waals surface area contributed by atoms with Gasteiger partial charge in [-0.25, -0.2) is 4.39 Å². The lowest BCUT2D eigenvalue weighted by Gasteiger charge is -2.20. The summed E-state index contributed by atoms with van der Waals surface area (Å²) >= 11 is 3.16. The molecule has 1 unspecified atom stereocenters. The van der Waals surface area contributed by atoms with Gasteiger partial charge < -0.3 is 15.8 Å². The number of nitrogens with zero attached hydrogens (tertiary/aromatic N) is 2. The van der Waals surface area contributed by atoms with E-state index in [1.165, 1.54) is 6.07 Å². The molecule has 0 bridgehead atoms. The zero-order valence-electron chi connectivity index (χ0n) is 10.4. The van der Waals surface area contributed by atoms with Crippen LogP contribution in [-0.4, -0.2) is 29.5 Å². The molecule has 0 saturated heterocycles. The standard InChI is InChI=1S/C12H17BrFN3O/c1-8(12(15)16-18)6-17(2)7-9-3-4-11(14)10(13)5-9/h3-5,8,18H,6-7H2,1-2H3,(H2,15,16). The van der Waals surface area contributed by atoms with Gasteiger partial charge >= 0.3 is 0 Å². The third kappa shape index (κ3) is 4.27. The van der Waals surface area contributed by atoms with Gasteiger partial charge in [0.25, 0.3) is 0 Å². The summed E-state index contributed by atoms with van der Waals surface area (Å²) in [6.45, 7) is 3.21. The quantitative estimate of drug-likeness (QED) is 0.379. The van der Waals surface area contributed by atoms with E-state index < -0.39 is 0 Å². The van der Waals surface area contributed by atoms with Crippen molar-refractivity contribution in [2.45, 2.75) is 13.5 Å². The van der Waals surface area contributed by atoms with Crippen LogP contribution in [0.1, 0.15) is 12.5 Å². The molecule has 1 atom stereocenters. The molecule has 0 spiro atoms. The molecule has 0 saturated carbocycles. The van der Waals surface area contributed by atoms with Crippen LogP contribution in [-0.2, 0) is 6.54 Å².